The molecule has 0 aromatic carbocycles. The summed E-state index contributed by atoms with van der Waals surface area (Å²) in [6.07, 6.45) is 3.25. The first-order chi connectivity index (χ1) is 13.1. The Bertz CT molecular complexity index is 835. The van der Waals surface area contributed by atoms with Gasteiger partial charge in [-0.05, 0) is 31.4 Å². The molecule has 0 bridgehead atoms. The van der Waals surface area contributed by atoms with Crippen molar-refractivity contribution >= 4 is 34.5 Å². The number of hydrogen-bond donors (Lipinski definition) is 0. The number of hydrogen-bond acceptors (Lipinski definition) is 7. The van der Waals surface area contributed by atoms with E-state index in [2.05, 4.69) is 20.0 Å². The molecule has 2 aromatic rings. The number of rotatable bonds is 2. The van der Waals surface area contributed by atoms with Gasteiger partial charge in [0.2, 0.25) is 5.28 Å². The van der Waals surface area contributed by atoms with Crippen molar-refractivity contribution in [2.45, 2.75) is 31.9 Å². The van der Waals surface area contributed by atoms with Gasteiger partial charge in [0.1, 0.15) is 5.82 Å². The Morgan fingerprint density at radius 1 is 1.30 bits per heavy atom. The van der Waals surface area contributed by atoms with Gasteiger partial charge in [0.15, 0.2) is 5.65 Å². The van der Waals surface area contributed by atoms with Crippen LogP contribution in [0.1, 0.15) is 25.8 Å². The minimum Gasteiger partial charge on any atom is -0.453 e. The average molecular weight is 395 g/mol. The van der Waals surface area contributed by atoms with Crippen LogP contribution in [0.25, 0.3) is 11.0 Å². The quantitative estimate of drug-likeness (QED) is 0.721. The number of amides is 1. The number of carbonyl (C=O) groups excluding carboxylic acids is 1. The molecule has 2 aromatic heterocycles. The molecule has 2 fully saturated rings. The van der Waals surface area contributed by atoms with Crippen LogP contribution in [-0.2, 0) is 9.47 Å². The third kappa shape index (κ3) is 3.53. The summed E-state index contributed by atoms with van der Waals surface area (Å²) in [5, 5.41) is 5.69. The van der Waals surface area contributed by atoms with Crippen molar-refractivity contribution < 1.29 is 14.3 Å². The molecule has 1 atom stereocenters. The summed E-state index contributed by atoms with van der Waals surface area (Å²) in [6, 6.07) is 0.158. The SMILES string of the molecule is COC(=O)N1CCC(n2ncc3c(N4CCOC(C)C4)nc(Cl)nc32)CC1. The second kappa shape index (κ2) is 7.47. The fraction of sp³-hybridized carbons (Fsp3) is 0.647. The fourth-order valence-corrected chi connectivity index (χ4v) is 3.99. The van der Waals surface area contributed by atoms with E-state index >= 15 is 0 Å². The van der Waals surface area contributed by atoms with Crippen molar-refractivity contribution in [2.24, 2.45) is 0 Å². The van der Waals surface area contributed by atoms with E-state index in [-0.39, 0.29) is 23.5 Å². The maximum atomic E-state index is 11.7. The van der Waals surface area contributed by atoms with Crippen LogP contribution in [0.4, 0.5) is 10.6 Å². The van der Waals surface area contributed by atoms with E-state index in [0.29, 0.717) is 19.7 Å². The van der Waals surface area contributed by atoms with Crippen LogP contribution in [0.15, 0.2) is 6.20 Å². The zero-order chi connectivity index (χ0) is 19.0. The summed E-state index contributed by atoms with van der Waals surface area (Å²) in [5.41, 5.74) is 0.737. The van der Waals surface area contributed by atoms with E-state index in [9.17, 15) is 4.79 Å². The van der Waals surface area contributed by atoms with Gasteiger partial charge in [-0.25, -0.2) is 9.48 Å². The standard InChI is InChI=1S/C17H23ClN6O3/c1-11-10-23(7-8-27-11)14-13-9-19-24(15(13)21-16(18)20-14)12-3-5-22(6-4-12)17(25)26-2/h9,11-12H,3-8,10H2,1-2H3. The van der Waals surface area contributed by atoms with Crippen molar-refractivity contribution in [3.05, 3.63) is 11.5 Å². The normalized spacial score (nSPS) is 21.7. The monoisotopic (exact) mass is 394 g/mol. The maximum absolute atomic E-state index is 11.7. The molecular weight excluding hydrogens is 372 g/mol. The number of nitrogens with zero attached hydrogens (tertiary/aromatic N) is 6. The van der Waals surface area contributed by atoms with Gasteiger partial charge in [0.25, 0.3) is 0 Å². The van der Waals surface area contributed by atoms with Crippen LogP contribution >= 0.6 is 11.6 Å². The predicted molar refractivity (Wildman–Crippen MR) is 100 cm³/mol. The van der Waals surface area contributed by atoms with Crippen LogP contribution in [0, 0.1) is 0 Å². The highest BCUT2D eigenvalue weighted by Crippen LogP contribution is 2.31. The zero-order valence-electron chi connectivity index (χ0n) is 15.5. The molecule has 146 valence electrons. The summed E-state index contributed by atoms with van der Waals surface area (Å²) in [6.45, 7) is 5.48. The number of piperidine rings is 1. The van der Waals surface area contributed by atoms with Gasteiger partial charge in [0.05, 0.1) is 37.4 Å². The molecular formula is C17H23ClN6O3. The second-order valence-electron chi connectivity index (χ2n) is 6.96. The molecule has 2 saturated heterocycles. The number of ether oxygens (including phenoxy) is 2. The van der Waals surface area contributed by atoms with Gasteiger partial charge in [-0.1, -0.05) is 0 Å². The third-order valence-electron chi connectivity index (χ3n) is 5.19. The number of carbonyl (C=O) groups is 1. The third-order valence-corrected chi connectivity index (χ3v) is 5.36. The van der Waals surface area contributed by atoms with Gasteiger partial charge in [-0.2, -0.15) is 15.1 Å². The van der Waals surface area contributed by atoms with Crippen LogP contribution < -0.4 is 4.90 Å². The van der Waals surface area contributed by atoms with Gasteiger partial charge >= 0.3 is 6.09 Å². The molecule has 1 unspecified atom stereocenters. The van der Waals surface area contributed by atoms with Crippen molar-refractivity contribution in [3.63, 3.8) is 0 Å². The number of aromatic nitrogens is 4. The summed E-state index contributed by atoms with van der Waals surface area (Å²) in [4.78, 5) is 24.5. The van der Waals surface area contributed by atoms with Gasteiger partial charge < -0.3 is 19.3 Å². The lowest BCUT2D eigenvalue weighted by atomic mass is 10.1. The van der Waals surface area contributed by atoms with Crippen molar-refractivity contribution in [3.8, 4) is 0 Å². The maximum Gasteiger partial charge on any atom is 0.409 e. The lowest BCUT2D eigenvalue weighted by Gasteiger charge is -2.32. The highest BCUT2D eigenvalue weighted by molar-refractivity contribution is 6.28. The highest BCUT2D eigenvalue weighted by Gasteiger charge is 2.28. The molecule has 0 N–H and O–H groups in total. The van der Waals surface area contributed by atoms with Crippen LogP contribution in [0.3, 0.4) is 0 Å². The van der Waals surface area contributed by atoms with E-state index in [1.54, 1.807) is 4.90 Å². The Balaban J connectivity index is 1.61. The van der Waals surface area contributed by atoms with Crippen molar-refractivity contribution in [2.75, 3.05) is 44.8 Å². The van der Waals surface area contributed by atoms with E-state index < -0.39 is 0 Å². The molecule has 4 heterocycles. The molecule has 2 aliphatic heterocycles. The van der Waals surface area contributed by atoms with Crippen LogP contribution in [0.5, 0.6) is 0 Å². The van der Waals surface area contributed by atoms with Crippen molar-refractivity contribution in [1.29, 1.82) is 0 Å². The molecule has 27 heavy (non-hydrogen) atoms. The second-order valence-corrected chi connectivity index (χ2v) is 7.30. The lowest BCUT2D eigenvalue weighted by Crippen LogP contribution is -2.41. The minimum absolute atomic E-state index is 0.139. The molecule has 2 aliphatic rings. The van der Waals surface area contributed by atoms with Gasteiger partial charge in [-0.3, -0.25) is 0 Å². The molecule has 4 rings (SSSR count). The fourth-order valence-electron chi connectivity index (χ4n) is 3.83. The summed E-state index contributed by atoms with van der Waals surface area (Å²) < 4.78 is 12.4. The first-order valence-corrected chi connectivity index (χ1v) is 9.55. The van der Waals surface area contributed by atoms with Crippen LogP contribution in [0.2, 0.25) is 5.28 Å². The van der Waals surface area contributed by atoms with Crippen molar-refractivity contribution in [1.82, 2.24) is 24.6 Å². The molecule has 0 radical (unpaired) electrons. The molecule has 9 nitrogen and oxygen atoms in total. The first kappa shape index (κ1) is 18.2. The summed E-state index contributed by atoms with van der Waals surface area (Å²) in [5.74, 6) is 0.804. The molecule has 1 amide bonds. The number of morpholine rings is 1. The number of likely N-dealkylation sites (tertiary alicyclic amines) is 1. The first-order valence-electron chi connectivity index (χ1n) is 9.17. The molecule has 10 heteroatoms. The Kier molecular flexibility index (Phi) is 5.05. The molecule has 0 spiro atoms. The van der Waals surface area contributed by atoms with Gasteiger partial charge in [-0.15, -0.1) is 0 Å². The summed E-state index contributed by atoms with van der Waals surface area (Å²) in [7, 11) is 1.41. The van der Waals surface area contributed by atoms with Gasteiger partial charge in [0, 0.05) is 26.2 Å². The van der Waals surface area contributed by atoms with E-state index in [1.165, 1.54) is 7.11 Å². The smallest absolute Gasteiger partial charge is 0.409 e. The Morgan fingerprint density at radius 2 is 2.07 bits per heavy atom. The average Bonchev–Trinajstić information content (AvgIpc) is 3.10. The predicted octanol–water partition coefficient (Wildman–Crippen LogP) is 2.11. The van der Waals surface area contributed by atoms with E-state index in [0.717, 1.165) is 42.8 Å². The van der Waals surface area contributed by atoms with E-state index in [4.69, 9.17) is 21.1 Å². The number of fused-ring (bicyclic) bond motifs is 1. The molecule has 0 saturated carbocycles. The Labute approximate surface area is 162 Å². The van der Waals surface area contributed by atoms with Crippen LogP contribution in [-0.4, -0.2) is 76.7 Å². The number of anilines is 1. The molecule has 0 aliphatic carbocycles. The van der Waals surface area contributed by atoms with E-state index in [1.807, 2.05) is 17.8 Å². The minimum atomic E-state index is -0.284. The summed E-state index contributed by atoms with van der Waals surface area (Å²) >= 11 is 6.24. The largest absolute Gasteiger partial charge is 0.453 e. The topological polar surface area (TPSA) is 85.6 Å². The Hall–Kier alpha value is -2.13. The number of halogens is 1. The lowest BCUT2D eigenvalue weighted by molar-refractivity contribution is 0.0530. The highest BCUT2D eigenvalue weighted by atomic mass is 35.5. The Morgan fingerprint density at radius 3 is 2.78 bits per heavy atom. The number of methoxy groups -OCH3 is 1. The zero-order valence-corrected chi connectivity index (χ0v) is 16.2.